The number of ketones is 1. The van der Waals surface area contributed by atoms with Gasteiger partial charge in [0.25, 0.3) is 0 Å². The van der Waals surface area contributed by atoms with Crippen LogP contribution in [-0.4, -0.2) is 31.1 Å². The van der Waals surface area contributed by atoms with E-state index in [-0.39, 0.29) is 23.3 Å². The van der Waals surface area contributed by atoms with Gasteiger partial charge in [0.1, 0.15) is 5.82 Å². The fourth-order valence-electron chi connectivity index (χ4n) is 2.27. The summed E-state index contributed by atoms with van der Waals surface area (Å²) in [6.45, 7) is 0. The van der Waals surface area contributed by atoms with Crippen LogP contribution < -0.4 is 9.47 Å². The van der Waals surface area contributed by atoms with Crippen molar-refractivity contribution in [1.29, 1.82) is 0 Å². The number of hydrogen-bond donors (Lipinski definition) is 1. The predicted octanol–water partition coefficient (Wildman–Crippen LogP) is 2.70. The van der Waals surface area contributed by atoms with Gasteiger partial charge in [-0.1, -0.05) is 6.07 Å². The average Bonchev–Trinajstić information content (AvgIpc) is 2.53. The molecular weight excluding hydrogens is 303 g/mol. The molecule has 23 heavy (non-hydrogen) atoms. The Bertz CT molecular complexity index is 737. The molecule has 0 aliphatic carbocycles. The lowest BCUT2D eigenvalue weighted by Crippen LogP contribution is -2.12. The lowest BCUT2D eigenvalue weighted by atomic mass is 9.95. The summed E-state index contributed by atoms with van der Waals surface area (Å²) >= 11 is 0. The van der Waals surface area contributed by atoms with E-state index in [1.165, 1.54) is 32.4 Å². The summed E-state index contributed by atoms with van der Waals surface area (Å²) in [6.07, 6.45) is -0.345. The fourth-order valence-corrected chi connectivity index (χ4v) is 2.27. The summed E-state index contributed by atoms with van der Waals surface area (Å²) in [7, 11) is 2.78. The minimum Gasteiger partial charge on any atom is -0.493 e. The third-order valence-corrected chi connectivity index (χ3v) is 3.31. The smallest absolute Gasteiger partial charge is 0.307 e. The first-order chi connectivity index (χ1) is 11.0. The van der Waals surface area contributed by atoms with E-state index in [0.29, 0.717) is 11.3 Å². The van der Waals surface area contributed by atoms with Gasteiger partial charge >= 0.3 is 5.97 Å². The topological polar surface area (TPSA) is 72.8 Å². The Hall–Kier alpha value is -2.89. The van der Waals surface area contributed by atoms with Crippen LogP contribution >= 0.6 is 0 Å². The summed E-state index contributed by atoms with van der Waals surface area (Å²) in [6, 6.07) is 8.04. The lowest BCUT2D eigenvalue weighted by molar-refractivity contribution is -0.136. The van der Waals surface area contributed by atoms with Gasteiger partial charge in [0.15, 0.2) is 17.3 Å². The third-order valence-electron chi connectivity index (χ3n) is 3.31. The van der Waals surface area contributed by atoms with Gasteiger partial charge in [-0.25, -0.2) is 4.39 Å². The predicted molar refractivity (Wildman–Crippen MR) is 80.7 cm³/mol. The van der Waals surface area contributed by atoms with E-state index in [1.54, 1.807) is 6.07 Å². The minimum atomic E-state index is -1.08. The Morgan fingerprint density at radius 3 is 2.22 bits per heavy atom. The van der Waals surface area contributed by atoms with E-state index in [1.807, 2.05) is 0 Å². The molecule has 0 fully saturated rings. The van der Waals surface area contributed by atoms with Crippen LogP contribution in [0.15, 0.2) is 36.4 Å². The number of hydrogen-bond acceptors (Lipinski definition) is 4. The molecule has 2 aromatic carbocycles. The van der Waals surface area contributed by atoms with Crippen molar-refractivity contribution in [1.82, 2.24) is 0 Å². The molecule has 0 amide bonds. The molecule has 1 N–H and O–H groups in total. The second kappa shape index (κ2) is 6.91. The summed E-state index contributed by atoms with van der Waals surface area (Å²) in [5.41, 5.74) is 0.620. The normalized spacial score (nSPS) is 10.2. The number of ether oxygens (including phenoxy) is 2. The molecule has 0 heterocycles. The van der Waals surface area contributed by atoms with Gasteiger partial charge in [-0.3, -0.25) is 9.59 Å². The Morgan fingerprint density at radius 2 is 1.70 bits per heavy atom. The second-order valence-corrected chi connectivity index (χ2v) is 4.74. The van der Waals surface area contributed by atoms with E-state index in [0.717, 1.165) is 12.1 Å². The first kappa shape index (κ1) is 16.5. The summed E-state index contributed by atoms with van der Waals surface area (Å²) in [4.78, 5) is 23.8. The Morgan fingerprint density at radius 1 is 1.04 bits per heavy atom. The molecule has 0 unspecified atom stereocenters. The van der Waals surface area contributed by atoms with Crippen LogP contribution in [0.1, 0.15) is 21.5 Å². The van der Waals surface area contributed by atoms with Crippen molar-refractivity contribution in [3.05, 3.63) is 58.9 Å². The van der Waals surface area contributed by atoms with Crippen molar-refractivity contribution >= 4 is 11.8 Å². The quantitative estimate of drug-likeness (QED) is 0.829. The van der Waals surface area contributed by atoms with Crippen LogP contribution in [0.25, 0.3) is 0 Å². The lowest BCUT2D eigenvalue weighted by Gasteiger charge is -2.15. The molecule has 2 rings (SSSR count). The maximum atomic E-state index is 13.0. The SMILES string of the molecule is COc1ccc(CC(=O)O)c(C(=O)c2ccc(F)cc2)c1OC. The summed E-state index contributed by atoms with van der Waals surface area (Å²) in [5.74, 6) is -1.54. The van der Waals surface area contributed by atoms with Crippen molar-refractivity contribution in [3.8, 4) is 11.5 Å². The molecule has 0 radical (unpaired) electrons. The van der Waals surface area contributed by atoms with Crippen molar-refractivity contribution in [2.45, 2.75) is 6.42 Å². The molecule has 0 aliphatic rings. The number of aliphatic carboxylic acids is 1. The molecule has 2 aromatic rings. The standard InChI is InChI=1S/C17H15FO5/c1-22-13-8-5-11(9-14(19)20)15(17(13)23-2)16(21)10-3-6-12(18)7-4-10/h3-8H,9H2,1-2H3,(H,19,20). The van der Waals surface area contributed by atoms with Gasteiger partial charge in [-0.05, 0) is 35.9 Å². The number of halogens is 1. The first-order valence-electron chi connectivity index (χ1n) is 6.73. The van der Waals surface area contributed by atoms with Gasteiger partial charge < -0.3 is 14.6 Å². The van der Waals surface area contributed by atoms with E-state index in [9.17, 15) is 14.0 Å². The molecule has 120 valence electrons. The van der Waals surface area contributed by atoms with Crippen LogP contribution in [0.4, 0.5) is 4.39 Å². The molecule has 0 spiro atoms. The molecule has 5 nitrogen and oxygen atoms in total. The van der Waals surface area contributed by atoms with Crippen LogP contribution in [0.5, 0.6) is 11.5 Å². The Balaban J connectivity index is 2.62. The molecule has 0 aliphatic heterocycles. The van der Waals surface area contributed by atoms with Gasteiger partial charge in [0, 0.05) is 5.56 Å². The zero-order valence-electron chi connectivity index (χ0n) is 12.6. The molecule has 6 heteroatoms. The second-order valence-electron chi connectivity index (χ2n) is 4.74. The Labute approximate surface area is 132 Å². The molecule has 0 saturated heterocycles. The number of carboxylic acid groups (broad SMARTS) is 1. The minimum absolute atomic E-state index is 0.0980. The van der Waals surface area contributed by atoms with Gasteiger partial charge in [-0.2, -0.15) is 0 Å². The maximum absolute atomic E-state index is 13.0. The van der Waals surface area contributed by atoms with E-state index >= 15 is 0 Å². The van der Waals surface area contributed by atoms with Crippen LogP contribution in [0, 0.1) is 5.82 Å². The fraction of sp³-hybridized carbons (Fsp3) is 0.176. The number of carbonyl (C=O) groups is 2. The van der Waals surface area contributed by atoms with Gasteiger partial charge in [0.2, 0.25) is 0 Å². The summed E-state index contributed by atoms with van der Waals surface area (Å²) in [5, 5.41) is 9.04. The van der Waals surface area contributed by atoms with E-state index in [4.69, 9.17) is 14.6 Å². The van der Waals surface area contributed by atoms with Crippen LogP contribution in [-0.2, 0) is 11.2 Å². The molecule has 0 saturated carbocycles. The number of carbonyl (C=O) groups excluding carboxylic acids is 1. The third kappa shape index (κ3) is 3.48. The first-order valence-corrected chi connectivity index (χ1v) is 6.73. The maximum Gasteiger partial charge on any atom is 0.307 e. The van der Waals surface area contributed by atoms with Crippen molar-refractivity contribution in [2.75, 3.05) is 14.2 Å². The van der Waals surface area contributed by atoms with Gasteiger partial charge in [0.05, 0.1) is 26.2 Å². The summed E-state index contributed by atoms with van der Waals surface area (Å²) < 4.78 is 23.4. The molecule has 0 bridgehead atoms. The van der Waals surface area contributed by atoms with Crippen molar-refractivity contribution < 1.29 is 28.6 Å². The molecular formula is C17H15FO5. The Kier molecular flexibility index (Phi) is 4.95. The van der Waals surface area contributed by atoms with Gasteiger partial charge in [-0.15, -0.1) is 0 Å². The van der Waals surface area contributed by atoms with Crippen molar-refractivity contribution in [2.24, 2.45) is 0 Å². The number of benzene rings is 2. The van der Waals surface area contributed by atoms with E-state index in [2.05, 4.69) is 0 Å². The van der Waals surface area contributed by atoms with Crippen LogP contribution in [0.3, 0.4) is 0 Å². The monoisotopic (exact) mass is 318 g/mol. The number of rotatable bonds is 6. The highest BCUT2D eigenvalue weighted by Gasteiger charge is 2.23. The largest absolute Gasteiger partial charge is 0.493 e. The highest BCUT2D eigenvalue weighted by molar-refractivity contribution is 6.12. The molecule has 0 atom stereocenters. The zero-order chi connectivity index (χ0) is 17.0. The highest BCUT2D eigenvalue weighted by Crippen LogP contribution is 2.35. The van der Waals surface area contributed by atoms with Crippen LogP contribution in [0.2, 0.25) is 0 Å². The average molecular weight is 318 g/mol. The van der Waals surface area contributed by atoms with Crippen molar-refractivity contribution in [3.63, 3.8) is 0 Å². The number of methoxy groups -OCH3 is 2. The van der Waals surface area contributed by atoms with E-state index < -0.39 is 17.6 Å². The number of carboxylic acids is 1. The zero-order valence-corrected chi connectivity index (χ0v) is 12.6. The highest BCUT2D eigenvalue weighted by atomic mass is 19.1. The molecule has 0 aromatic heterocycles.